The Labute approximate surface area is 116 Å². The van der Waals surface area contributed by atoms with E-state index in [9.17, 15) is 4.39 Å². The van der Waals surface area contributed by atoms with Crippen LogP contribution in [0.25, 0.3) is 0 Å². The molecule has 19 heavy (non-hydrogen) atoms. The van der Waals surface area contributed by atoms with Gasteiger partial charge in [-0.05, 0) is 45.8 Å². The van der Waals surface area contributed by atoms with Gasteiger partial charge in [0.25, 0.3) is 0 Å². The minimum Gasteiger partial charge on any atom is -0.314 e. The molecule has 0 aromatic heterocycles. The molecular formula is C16H25FN2. The molecule has 1 N–H and O–H groups in total. The summed E-state index contributed by atoms with van der Waals surface area (Å²) in [7, 11) is 2.08. The third-order valence-electron chi connectivity index (χ3n) is 4.17. The first-order chi connectivity index (χ1) is 9.16. The SMILES string of the molecule is CC(CC1CCCCN1)N(C)Cc1ccccc1F. The van der Waals surface area contributed by atoms with E-state index in [0.29, 0.717) is 18.6 Å². The van der Waals surface area contributed by atoms with Crippen molar-refractivity contribution in [3.8, 4) is 0 Å². The highest BCUT2D eigenvalue weighted by atomic mass is 19.1. The minimum atomic E-state index is -0.0997. The lowest BCUT2D eigenvalue weighted by atomic mass is 9.98. The first-order valence-corrected chi connectivity index (χ1v) is 7.34. The number of nitrogens with one attached hydrogen (secondary N) is 1. The molecule has 1 heterocycles. The van der Waals surface area contributed by atoms with E-state index >= 15 is 0 Å². The second-order valence-electron chi connectivity index (χ2n) is 5.74. The molecule has 2 rings (SSSR count). The molecule has 2 nitrogen and oxygen atoms in total. The van der Waals surface area contributed by atoms with Crippen LogP contribution in [0, 0.1) is 5.82 Å². The standard InChI is InChI=1S/C16H25FN2/c1-13(11-15-8-5-6-10-18-15)19(2)12-14-7-3-4-9-16(14)17/h3-4,7,9,13,15,18H,5-6,8,10-12H2,1-2H3. The van der Waals surface area contributed by atoms with Gasteiger partial charge in [0.1, 0.15) is 5.82 Å². The van der Waals surface area contributed by atoms with Crippen molar-refractivity contribution in [1.29, 1.82) is 0 Å². The first-order valence-electron chi connectivity index (χ1n) is 7.34. The fourth-order valence-electron chi connectivity index (χ4n) is 2.77. The number of hydrogen-bond donors (Lipinski definition) is 1. The van der Waals surface area contributed by atoms with Crippen molar-refractivity contribution in [3.63, 3.8) is 0 Å². The Morgan fingerprint density at radius 2 is 2.16 bits per heavy atom. The van der Waals surface area contributed by atoms with Crippen LogP contribution >= 0.6 is 0 Å². The topological polar surface area (TPSA) is 15.3 Å². The van der Waals surface area contributed by atoms with Crippen molar-refractivity contribution < 1.29 is 4.39 Å². The van der Waals surface area contributed by atoms with Crippen molar-refractivity contribution in [3.05, 3.63) is 35.6 Å². The maximum atomic E-state index is 13.6. The summed E-state index contributed by atoms with van der Waals surface area (Å²) in [5.41, 5.74) is 0.786. The molecule has 1 saturated heterocycles. The molecule has 1 aliphatic rings. The molecule has 2 unspecified atom stereocenters. The summed E-state index contributed by atoms with van der Waals surface area (Å²) in [6.45, 7) is 4.06. The molecule has 1 aromatic rings. The van der Waals surface area contributed by atoms with Crippen LogP contribution in [-0.4, -0.2) is 30.6 Å². The van der Waals surface area contributed by atoms with Crippen molar-refractivity contribution in [2.24, 2.45) is 0 Å². The Morgan fingerprint density at radius 1 is 1.37 bits per heavy atom. The Hall–Kier alpha value is -0.930. The van der Waals surface area contributed by atoms with Crippen LogP contribution in [0.3, 0.4) is 0 Å². The summed E-state index contributed by atoms with van der Waals surface area (Å²) in [6.07, 6.45) is 5.06. The zero-order valence-electron chi connectivity index (χ0n) is 12.0. The van der Waals surface area contributed by atoms with Crippen LogP contribution in [0.5, 0.6) is 0 Å². The van der Waals surface area contributed by atoms with Gasteiger partial charge in [-0.3, -0.25) is 4.90 Å². The van der Waals surface area contributed by atoms with Gasteiger partial charge in [-0.1, -0.05) is 24.6 Å². The van der Waals surface area contributed by atoms with Crippen LogP contribution in [0.15, 0.2) is 24.3 Å². The van der Waals surface area contributed by atoms with Crippen LogP contribution in [0.4, 0.5) is 4.39 Å². The Bertz CT molecular complexity index is 388. The van der Waals surface area contributed by atoms with Gasteiger partial charge in [-0.25, -0.2) is 4.39 Å². The monoisotopic (exact) mass is 264 g/mol. The van der Waals surface area contributed by atoms with Crippen molar-refractivity contribution >= 4 is 0 Å². The Balaban J connectivity index is 1.85. The largest absolute Gasteiger partial charge is 0.314 e. The molecule has 0 spiro atoms. The molecule has 0 bridgehead atoms. The second kappa shape index (κ2) is 7.01. The summed E-state index contributed by atoms with van der Waals surface area (Å²) in [4.78, 5) is 2.24. The molecule has 0 aliphatic carbocycles. The van der Waals surface area contributed by atoms with Gasteiger partial charge in [0, 0.05) is 24.2 Å². The summed E-state index contributed by atoms with van der Waals surface area (Å²) in [5.74, 6) is -0.0997. The van der Waals surface area contributed by atoms with E-state index < -0.39 is 0 Å². The maximum absolute atomic E-state index is 13.6. The highest BCUT2D eigenvalue weighted by Crippen LogP contribution is 2.16. The molecule has 3 heteroatoms. The van der Waals surface area contributed by atoms with Gasteiger partial charge in [0.2, 0.25) is 0 Å². The summed E-state index contributed by atoms with van der Waals surface area (Å²) in [6, 6.07) is 8.16. The van der Waals surface area contributed by atoms with E-state index in [-0.39, 0.29) is 5.82 Å². The fraction of sp³-hybridized carbons (Fsp3) is 0.625. The lowest BCUT2D eigenvalue weighted by molar-refractivity contribution is 0.207. The van der Waals surface area contributed by atoms with E-state index in [1.807, 2.05) is 12.1 Å². The fourth-order valence-corrected chi connectivity index (χ4v) is 2.77. The normalized spacial score (nSPS) is 21.6. The van der Waals surface area contributed by atoms with Crippen molar-refractivity contribution in [1.82, 2.24) is 10.2 Å². The molecule has 0 saturated carbocycles. The zero-order valence-corrected chi connectivity index (χ0v) is 12.0. The van der Waals surface area contributed by atoms with E-state index in [2.05, 4.69) is 24.2 Å². The molecule has 0 amide bonds. The van der Waals surface area contributed by atoms with Gasteiger partial charge < -0.3 is 5.32 Å². The number of nitrogens with zero attached hydrogens (tertiary/aromatic N) is 1. The van der Waals surface area contributed by atoms with E-state index in [1.54, 1.807) is 6.07 Å². The second-order valence-corrected chi connectivity index (χ2v) is 5.74. The van der Waals surface area contributed by atoms with Crippen molar-refractivity contribution in [2.75, 3.05) is 13.6 Å². The van der Waals surface area contributed by atoms with Gasteiger partial charge in [0.15, 0.2) is 0 Å². The number of piperidine rings is 1. The summed E-state index contributed by atoms with van der Waals surface area (Å²) in [5, 5.41) is 3.58. The number of rotatable bonds is 5. The van der Waals surface area contributed by atoms with Gasteiger partial charge >= 0.3 is 0 Å². The average Bonchev–Trinajstić information content (AvgIpc) is 2.42. The van der Waals surface area contributed by atoms with Crippen LogP contribution in [0.1, 0.15) is 38.2 Å². The smallest absolute Gasteiger partial charge is 0.127 e. The van der Waals surface area contributed by atoms with E-state index in [1.165, 1.54) is 25.3 Å². The van der Waals surface area contributed by atoms with E-state index in [0.717, 1.165) is 18.5 Å². The average molecular weight is 264 g/mol. The van der Waals surface area contributed by atoms with Crippen molar-refractivity contribution in [2.45, 2.75) is 51.2 Å². The molecule has 1 aromatic carbocycles. The quantitative estimate of drug-likeness (QED) is 0.878. The Morgan fingerprint density at radius 3 is 2.84 bits per heavy atom. The number of hydrogen-bond acceptors (Lipinski definition) is 2. The third-order valence-corrected chi connectivity index (χ3v) is 4.17. The van der Waals surface area contributed by atoms with Crippen LogP contribution < -0.4 is 5.32 Å². The first kappa shape index (κ1) is 14.5. The zero-order chi connectivity index (χ0) is 13.7. The molecule has 1 aliphatic heterocycles. The predicted octanol–water partition coefficient (Wildman–Crippen LogP) is 3.18. The van der Waals surface area contributed by atoms with Gasteiger partial charge in [-0.15, -0.1) is 0 Å². The predicted molar refractivity (Wildman–Crippen MR) is 77.6 cm³/mol. The van der Waals surface area contributed by atoms with Crippen LogP contribution in [-0.2, 0) is 6.54 Å². The molecule has 106 valence electrons. The number of benzene rings is 1. The van der Waals surface area contributed by atoms with Crippen LogP contribution in [0.2, 0.25) is 0 Å². The highest BCUT2D eigenvalue weighted by Gasteiger charge is 2.18. The summed E-state index contributed by atoms with van der Waals surface area (Å²) < 4.78 is 13.6. The molecular weight excluding hydrogens is 239 g/mol. The lowest BCUT2D eigenvalue weighted by Gasteiger charge is -2.31. The third kappa shape index (κ3) is 4.29. The summed E-state index contributed by atoms with van der Waals surface area (Å²) >= 11 is 0. The van der Waals surface area contributed by atoms with Gasteiger partial charge in [0.05, 0.1) is 0 Å². The maximum Gasteiger partial charge on any atom is 0.127 e. The lowest BCUT2D eigenvalue weighted by Crippen LogP contribution is -2.40. The molecule has 0 radical (unpaired) electrons. The number of halogens is 1. The molecule has 2 atom stereocenters. The highest BCUT2D eigenvalue weighted by molar-refractivity contribution is 5.17. The molecule has 1 fully saturated rings. The van der Waals surface area contributed by atoms with Gasteiger partial charge in [-0.2, -0.15) is 0 Å². The Kier molecular flexibility index (Phi) is 5.34. The van der Waals surface area contributed by atoms with E-state index in [4.69, 9.17) is 0 Å². The minimum absolute atomic E-state index is 0.0997.